The van der Waals surface area contributed by atoms with E-state index < -0.39 is 5.41 Å². The number of aromatic nitrogens is 2. The average molecular weight is 249 g/mol. The lowest BCUT2D eigenvalue weighted by Gasteiger charge is -2.25. The highest BCUT2D eigenvalue weighted by molar-refractivity contribution is 6.05. The first kappa shape index (κ1) is 12.8. The number of aryl methyl sites for hydroxylation is 1. The minimum atomic E-state index is -0.561. The van der Waals surface area contributed by atoms with Gasteiger partial charge in [0.25, 0.3) is 0 Å². The van der Waals surface area contributed by atoms with Crippen molar-refractivity contribution >= 4 is 11.8 Å². The third kappa shape index (κ3) is 1.83. The summed E-state index contributed by atoms with van der Waals surface area (Å²) >= 11 is 0. The smallest absolute Gasteiger partial charge is 0.236 e. The van der Waals surface area contributed by atoms with Crippen LogP contribution in [0.3, 0.4) is 0 Å². The molecule has 1 aliphatic rings. The van der Waals surface area contributed by atoms with E-state index in [1.807, 2.05) is 27.7 Å². The van der Waals surface area contributed by atoms with Gasteiger partial charge in [-0.25, -0.2) is 0 Å². The predicted octanol–water partition coefficient (Wildman–Crippen LogP) is 1.64. The second-order valence-electron chi connectivity index (χ2n) is 5.55. The van der Waals surface area contributed by atoms with Crippen molar-refractivity contribution in [1.29, 1.82) is 0 Å². The van der Waals surface area contributed by atoms with E-state index in [4.69, 9.17) is 0 Å². The Kier molecular flexibility index (Phi) is 3.00. The van der Waals surface area contributed by atoms with Crippen molar-refractivity contribution in [2.45, 2.75) is 40.7 Å². The van der Waals surface area contributed by atoms with Crippen molar-refractivity contribution in [3.8, 4) is 0 Å². The minimum Gasteiger partial charge on any atom is -0.283 e. The van der Waals surface area contributed by atoms with Crippen LogP contribution in [-0.4, -0.2) is 26.9 Å². The molecule has 1 aromatic rings. The molecule has 1 saturated heterocycles. The molecule has 18 heavy (non-hydrogen) atoms. The summed E-state index contributed by atoms with van der Waals surface area (Å²) in [5, 5.41) is 6.73. The quantitative estimate of drug-likeness (QED) is 0.828. The van der Waals surface area contributed by atoms with Crippen LogP contribution in [0, 0.1) is 18.3 Å². The normalized spacial score (nSPS) is 24.4. The lowest BCUT2D eigenvalue weighted by molar-refractivity contribution is -0.142. The maximum atomic E-state index is 12.4. The van der Waals surface area contributed by atoms with Gasteiger partial charge in [0.15, 0.2) is 0 Å². The predicted molar refractivity (Wildman–Crippen MR) is 66.4 cm³/mol. The zero-order valence-corrected chi connectivity index (χ0v) is 11.3. The Morgan fingerprint density at radius 3 is 2.61 bits per heavy atom. The van der Waals surface area contributed by atoms with E-state index in [2.05, 4.69) is 10.2 Å². The van der Waals surface area contributed by atoms with E-state index in [1.165, 1.54) is 4.90 Å². The van der Waals surface area contributed by atoms with Crippen LogP contribution in [0.1, 0.15) is 38.4 Å². The number of H-pyrrole nitrogens is 1. The van der Waals surface area contributed by atoms with Gasteiger partial charge in [0.2, 0.25) is 11.8 Å². The van der Waals surface area contributed by atoms with Crippen molar-refractivity contribution in [3.63, 3.8) is 0 Å². The van der Waals surface area contributed by atoms with Gasteiger partial charge in [-0.2, -0.15) is 5.10 Å². The SMILES string of the molecule is Cc1[nH]ncc1CN1C(=O)CC(C)(C(C)C)C1=O. The number of carbonyl (C=O) groups is 2. The topological polar surface area (TPSA) is 66.1 Å². The second kappa shape index (κ2) is 4.23. The fourth-order valence-corrected chi connectivity index (χ4v) is 2.22. The molecule has 0 radical (unpaired) electrons. The number of likely N-dealkylation sites (tertiary alicyclic amines) is 1. The molecule has 98 valence electrons. The van der Waals surface area contributed by atoms with Crippen LogP contribution in [0.2, 0.25) is 0 Å². The molecule has 0 aliphatic carbocycles. The minimum absolute atomic E-state index is 0.0666. The Hall–Kier alpha value is -1.65. The van der Waals surface area contributed by atoms with Gasteiger partial charge in [0, 0.05) is 17.7 Å². The molecule has 5 heteroatoms. The summed E-state index contributed by atoms with van der Waals surface area (Å²) in [4.78, 5) is 25.8. The molecule has 1 fully saturated rings. The molecular weight excluding hydrogens is 230 g/mol. The molecule has 1 N–H and O–H groups in total. The lowest BCUT2D eigenvalue weighted by Crippen LogP contribution is -2.36. The standard InChI is InChI=1S/C13H19N3O2/c1-8(2)13(4)5-11(17)16(12(13)18)7-10-6-14-15-9(10)3/h6,8H,5,7H2,1-4H3,(H,14,15). The van der Waals surface area contributed by atoms with Crippen LogP contribution < -0.4 is 0 Å². The molecule has 2 rings (SSSR count). The summed E-state index contributed by atoms with van der Waals surface area (Å²) in [5.41, 5.74) is 1.23. The van der Waals surface area contributed by atoms with Gasteiger partial charge in [-0.3, -0.25) is 19.6 Å². The Bertz CT molecular complexity index is 492. The number of hydrogen-bond donors (Lipinski definition) is 1. The van der Waals surface area contributed by atoms with Gasteiger partial charge in [-0.15, -0.1) is 0 Å². The van der Waals surface area contributed by atoms with E-state index >= 15 is 0 Å². The van der Waals surface area contributed by atoms with E-state index in [0.29, 0.717) is 13.0 Å². The Labute approximate surface area is 107 Å². The van der Waals surface area contributed by atoms with Crippen LogP contribution in [0.25, 0.3) is 0 Å². The summed E-state index contributed by atoms with van der Waals surface area (Å²) in [5.74, 6) is 0.00398. The highest BCUT2D eigenvalue weighted by Crippen LogP contribution is 2.39. The van der Waals surface area contributed by atoms with Crippen LogP contribution >= 0.6 is 0 Å². The molecule has 5 nitrogen and oxygen atoms in total. The van der Waals surface area contributed by atoms with Gasteiger partial charge < -0.3 is 0 Å². The molecule has 0 saturated carbocycles. The molecule has 2 amide bonds. The number of imide groups is 1. The molecule has 0 aromatic carbocycles. The van der Waals surface area contributed by atoms with Crippen LogP contribution in [0.15, 0.2) is 6.20 Å². The fraction of sp³-hybridized carbons (Fsp3) is 0.615. The summed E-state index contributed by atoms with van der Waals surface area (Å²) in [6.07, 6.45) is 1.97. The lowest BCUT2D eigenvalue weighted by atomic mass is 9.78. The highest BCUT2D eigenvalue weighted by atomic mass is 16.2. The number of hydrogen-bond acceptors (Lipinski definition) is 3. The second-order valence-corrected chi connectivity index (χ2v) is 5.55. The largest absolute Gasteiger partial charge is 0.283 e. The summed E-state index contributed by atoms with van der Waals surface area (Å²) in [7, 11) is 0. The number of amides is 2. The van der Waals surface area contributed by atoms with Crippen LogP contribution in [-0.2, 0) is 16.1 Å². The first-order valence-electron chi connectivity index (χ1n) is 6.20. The zero-order chi connectivity index (χ0) is 13.5. The molecule has 2 heterocycles. The first-order valence-corrected chi connectivity index (χ1v) is 6.20. The summed E-state index contributed by atoms with van der Waals surface area (Å²) in [6, 6.07) is 0. The zero-order valence-electron chi connectivity index (χ0n) is 11.3. The average Bonchev–Trinajstić information content (AvgIpc) is 2.78. The molecular formula is C13H19N3O2. The number of nitrogens with one attached hydrogen (secondary N) is 1. The van der Waals surface area contributed by atoms with E-state index in [0.717, 1.165) is 11.3 Å². The van der Waals surface area contributed by atoms with E-state index in [9.17, 15) is 9.59 Å². The van der Waals surface area contributed by atoms with Crippen LogP contribution in [0.5, 0.6) is 0 Å². The third-order valence-electron chi connectivity index (χ3n) is 4.09. The van der Waals surface area contributed by atoms with Crippen LogP contribution in [0.4, 0.5) is 0 Å². The molecule has 0 spiro atoms. The van der Waals surface area contributed by atoms with Crippen molar-refractivity contribution in [3.05, 3.63) is 17.5 Å². The van der Waals surface area contributed by atoms with Crippen molar-refractivity contribution in [2.75, 3.05) is 0 Å². The molecule has 1 aromatic heterocycles. The highest BCUT2D eigenvalue weighted by Gasteiger charge is 2.49. The number of carbonyl (C=O) groups excluding carboxylic acids is 2. The van der Waals surface area contributed by atoms with Crippen molar-refractivity contribution in [2.24, 2.45) is 11.3 Å². The number of aromatic amines is 1. The first-order chi connectivity index (χ1) is 8.36. The van der Waals surface area contributed by atoms with Crippen molar-refractivity contribution < 1.29 is 9.59 Å². The summed E-state index contributed by atoms with van der Waals surface area (Å²) < 4.78 is 0. The van der Waals surface area contributed by atoms with E-state index in [-0.39, 0.29) is 17.7 Å². The maximum Gasteiger partial charge on any atom is 0.236 e. The molecule has 1 aliphatic heterocycles. The number of nitrogens with zero attached hydrogens (tertiary/aromatic N) is 2. The molecule has 1 atom stereocenters. The van der Waals surface area contributed by atoms with E-state index in [1.54, 1.807) is 6.20 Å². The van der Waals surface area contributed by atoms with Gasteiger partial charge >= 0.3 is 0 Å². The third-order valence-corrected chi connectivity index (χ3v) is 4.09. The van der Waals surface area contributed by atoms with Crippen molar-refractivity contribution in [1.82, 2.24) is 15.1 Å². The van der Waals surface area contributed by atoms with Gasteiger partial charge in [-0.05, 0) is 19.8 Å². The fourth-order valence-electron chi connectivity index (χ4n) is 2.22. The monoisotopic (exact) mass is 249 g/mol. The Balaban J connectivity index is 2.23. The van der Waals surface area contributed by atoms with Gasteiger partial charge in [0.05, 0.1) is 18.2 Å². The molecule has 0 bridgehead atoms. The Morgan fingerprint density at radius 2 is 2.17 bits per heavy atom. The molecule has 1 unspecified atom stereocenters. The van der Waals surface area contributed by atoms with Gasteiger partial charge in [0.1, 0.15) is 0 Å². The summed E-state index contributed by atoms with van der Waals surface area (Å²) in [6.45, 7) is 8.05. The maximum absolute atomic E-state index is 12.4. The Morgan fingerprint density at radius 1 is 1.50 bits per heavy atom. The number of rotatable bonds is 3. The van der Waals surface area contributed by atoms with Gasteiger partial charge in [-0.1, -0.05) is 13.8 Å².